The Bertz CT molecular complexity index is 1300. The molecule has 0 amide bonds. The zero-order valence-corrected chi connectivity index (χ0v) is 20.4. The molecule has 0 unspecified atom stereocenters. The molecule has 0 bridgehead atoms. The van der Waals surface area contributed by atoms with E-state index >= 15 is 0 Å². The quantitative estimate of drug-likeness (QED) is 0.291. The molecule has 0 radical (unpaired) electrons. The van der Waals surface area contributed by atoms with Gasteiger partial charge in [-0.05, 0) is 61.8 Å². The first-order chi connectivity index (χ1) is 18.0. The van der Waals surface area contributed by atoms with Gasteiger partial charge in [0.15, 0.2) is 5.83 Å². The molecule has 4 rings (SSSR count). The summed E-state index contributed by atoms with van der Waals surface area (Å²) in [6, 6.07) is 5.03. The van der Waals surface area contributed by atoms with Gasteiger partial charge in [0.25, 0.3) is 0 Å². The Kier molecular flexibility index (Phi) is 8.18. The number of hydrogen-bond acceptors (Lipinski definition) is 2. The first-order valence-electron chi connectivity index (χ1n) is 12.2. The number of nitrogens with zero attached hydrogens (tertiary/aromatic N) is 2. The Balaban J connectivity index is 1.44. The molecule has 0 atom stereocenters. The summed E-state index contributed by atoms with van der Waals surface area (Å²) in [7, 11) is 0. The summed E-state index contributed by atoms with van der Waals surface area (Å²) < 4.78 is 109. The second-order valence-electron chi connectivity index (χ2n) is 9.40. The molecule has 1 fully saturated rings. The Labute approximate surface area is 214 Å². The molecule has 0 saturated heterocycles. The third-order valence-corrected chi connectivity index (χ3v) is 6.82. The minimum atomic E-state index is -5.11. The Hall–Kier alpha value is -3.30. The molecule has 1 saturated carbocycles. The average molecular weight is 540 g/mol. The van der Waals surface area contributed by atoms with Gasteiger partial charge in [-0.2, -0.15) is 13.2 Å². The SMILES string of the molecule is CCCC(F)=C(F)c1ccc(-c2cnc(C3CCC(c4cc(F)c(C(F)(F)F)c(F)c4)CC3)nc2)c(F)c1. The molecule has 10 heteroatoms. The molecule has 202 valence electrons. The molecular formula is C28H24F8N2. The number of hydrogen-bond donors (Lipinski definition) is 0. The summed E-state index contributed by atoms with van der Waals surface area (Å²) in [4.78, 5) is 8.66. The lowest BCUT2D eigenvalue weighted by Crippen LogP contribution is -2.16. The highest BCUT2D eigenvalue weighted by Crippen LogP contribution is 2.42. The third kappa shape index (κ3) is 5.89. The maximum Gasteiger partial charge on any atom is 0.422 e. The van der Waals surface area contributed by atoms with Gasteiger partial charge in [-0.1, -0.05) is 19.1 Å². The molecule has 3 aromatic rings. The van der Waals surface area contributed by atoms with Crippen LogP contribution in [0.4, 0.5) is 35.1 Å². The summed E-state index contributed by atoms with van der Waals surface area (Å²) >= 11 is 0. The first-order valence-corrected chi connectivity index (χ1v) is 12.2. The van der Waals surface area contributed by atoms with Crippen LogP contribution < -0.4 is 0 Å². The topological polar surface area (TPSA) is 25.8 Å². The van der Waals surface area contributed by atoms with Crippen LogP contribution in [0.2, 0.25) is 0 Å². The van der Waals surface area contributed by atoms with Crippen molar-refractivity contribution in [3.05, 3.63) is 88.5 Å². The zero-order valence-electron chi connectivity index (χ0n) is 20.4. The summed E-state index contributed by atoms with van der Waals surface area (Å²) in [6.07, 6.45) is 0.126. The highest BCUT2D eigenvalue weighted by molar-refractivity contribution is 5.68. The fourth-order valence-corrected chi connectivity index (χ4v) is 4.84. The van der Waals surface area contributed by atoms with Crippen molar-refractivity contribution >= 4 is 5.83 Å². The molecule has 2 nitrogen and oxygen atoms in total. The monoisotopic (exact) mass is 540 g/mol. The Morgan fingerprint density at radius 2 is 1.42 bits per heavy atom. The minimum absolute atomic E-state index is 0.0788. The lowest BCUT2D eigenvalue weighted by atomic mass is 9.78. The van der Waals surface area contributed by atoms with Crippen LogP contribution in [-0.4, -0.2) is 9.97 Å². The molecule has 0 aliphatic heterocycles. The van der Waals surface area contributed by atoms with Crippen LogP contribution in [0.1, 0.15) is 79.8 Å². The van der Waals surface area contributed by atoms with Gasteiger partial charge in [-0.3, -0.25) is 0 Å². The summed E-state index contributed by atoms with van der Waals surface area (Å²) in [6.45, 7) is 1.70. The van der Waals surface area contributed by atoms with Gasteiger partial charge < -0.3 is 0 Å². The molecule has 1 aliphatic rings. The number of aromatic nitrogens is 2. The van der Waals surface area contributed by atoms with Crippen LogP contribution in [0.15, 0.2) is 48.6 Å². The van der Waals surface area contributed by atoms with E-state index < -0.39 is 40.8 Å². The molecule has 1 aliphatic carbocycles. The van der Waals surface area contributed by atoms with E-state index in [1.165, 1.54) is 24.5 Å². The van der Waals surface area contributed by atoms with E-state index in [2.05, 4.69) is 9.97 Å². The van der Waals surface area contributed by atoms with Gasteiger partial charge in [0.2, 0.25) is 0 Å². The summed E-state index contributed by atoms with van der Waals surface area (Å²) in [5, 5.41) is 0. The van der Waals surface area contributed by atoms with Crippen molar-refractivity contribution in [3.8, 4) is 11.1 Å². The Morgan fingerprint density at radius 1 is 0.842 bits per heavy atom. The van der Waals surface area contributed by atoms with Crippen molar-refractivity contribution in [2.75, 3.05) is 0 Å². The molecule has 1 aromatic heterocycles. The average Bonchev–Trinajstić information content (AvgIpc) is 2.87. The first kappa shape index (κ1) is 27.7. The lowest BCUT2D eigenvalue weighted by molar-refractivity contribution is -0.142. The van der Waals surface area contributed by atoms with Crippen molar-refractivity contribution in [3.63, 3.8) is 0 Å². The Morgan fingerprint density at radius 3 is 1.95 bits per heavy atom. The van der Waals surface area contributed by atoms with Crippen LogP contribution in [0.3, 0.4) is 0 Å². The van der Waals surface area contributed by atoms with E-state index in [1.807, 2.05) is 0 Å². The summed E-state index contributed by atoms with van der Waals surface area (Å²) in [5.41, 5.74) is -1.43. The smallest absolute Gasteiger partial charge is 0.240 e. The molecule has 1 heterocycles. The van der Waals surface area contributed by atoms with Crippen molar-refractivity contribution in [1.82, 2.24) is 9.97 Å². The normalized spacial score (nSPS) is 18.9. The zero-order chi connectivity index (χ0) is 27.6. The van der Waals surface area contributed by atoms with Gasteiger partial charge in [0, 0.05) is 41.4 Å². The van der Waals surface area contributed by atoms with Gasteiger partial charge in [-0.25, -0.2) is 31.9 Å². The van der Waals surface area contributed by atoms with Gasteiger partial charge in [0.1, 0.15) is 34.7 Å². The number of alkyl halides is 3. The minimum Gasteiger partial charge on any atom is -0.240 e. The third-order valence-electron chi connectivity index (χ3n) is 6.82. The van der Waals surface area contributed by atoms with Gasteiger partial charge in [-0.15, -0.1) is 0 Å². The van der Waals surface area contributed by atoms with Crippen LogP contribution in [-0.2, 0) is 6.18 Å². The maximum atomic E-state index is 14.7. The second-order valence-corrected chi connectivity index (χ2v) is 9.40. The number of allylic oxidation sites excluding steroid dienone is 1. The van der Waals surface area contributed by atoms with Crippen LogP contribution in [0, 0.1) is 17.5 Å². The van der Waals surface area contributed by atoms with Gasteiger partial charge in [0.05, 0.1) is 0 Å². The van der Waals surface area contributed by atoms with E-state index in [1.54, 1.807) is 6.92 Å². The number of rotatable bonds is 6. The predicted octanol–water partition coefficient (Wildman–Crippen LogP) is 9.43. The largest absolute Gasteiger partial charge is 0.422 e. The molecular weight excluding hydrogens is 516 g/mol. The molecule has 0 N–H and O–H groups in total. The maximum absolute atomic E-state index is 14.7. The van der Waals surface area contributed by atoms with Crippen molar-refractivity contribution < 1.29 is 35.1 Å². The highest BCUT2D eigenvalue weighted by Gasteiger charge is 2.38. The van der Waals surface area contributed by atoms with E-state index in [0.717, 1.165) is 18.2 Å². The second kappa shape index (κ2) is 11.2. The van der Waals surface area contributed by atoms with Crippen LogP contribution >= 0.6 is 0 Å². The lowest BCUT2D eigenvalue weighted by Gasteiger charge is -2.28. The number of benzene rings is 2. The van der Waals surface area contributed by atoms with Crippen LogP contribution in [0.5, 0.6) is 0 Å². The summed E-state index contributed by atoms with van der Waals surface area (Å²) in [5.74, 6) is -5.94. The molecule has 0 spiro atoms. The molecule has 38 heavy (non-hydrogen) atoms. The highest BCUT2D eigenvalue weighted by atomic mass is 19.4. The fraction of sp³-hybridized carbons (Fsp3) is 0.357. The van der Waals surface area contributed by atoms with E-state index in [-0.39, 0.29) is 34.9 Å². The van der Waals surface area contributed by atoms with Crippen molar-refractivity contribution in [2.45, 2.75) is 63.5 Å². The predicted molar refractivity (Wildman–Crippen MR) is 127 cm³/mol. The van der Waals surface area contributed by atoms with Crippen molar-refractivity contribution in [1.29, 1.82) is 0 Å². The fourth-order valence-electron chi connectivity index (χ4n) is 4.84. The molecule has 2 aromatic carbocycles. The number of halogens is 8. The van der Waals surface area contributed by atoms with Crippen LogP contribution in [0.25, 0.3) is 17.0 Å². The standard InChI is InChI=1S/C28H24F8N2/c1-2-3-21(29)26(33)17-8-9-20(22(30)10-17)19-13-37-27(38-14-19)16-6-4-15(5-7-16)18-11-23(31)25(24(32)12-18)28(34,35)36/h8-16H,2-7H2,1H3. The van der Waals surface area contributed by atoms with Crippen molar-refractivity contribution in [2.24, 2.45) is 0 Å². The van der Waals surface area contributed by atoms with E-state index in [0.29, 0.717) is 43.5 Å². The van der Waals surface area contributed by atoms with Gasteiger partial charge >= 0.3 is 6.18 Å². The van der Waals surface area contributed by atoms with E-state index in [4.69, 9.17) is 0 Å². The van der Waals surface area contributed by atoms with E-state index in [9.17, 15) is 35.1 Å².